The lowest BCUT2D eigenvalue weighted by molar-refractivity contribution is -0.392. The van der Waals surface area contributed by atoms with Crippen molar-refractivity contribution < 1.29 is 129 Å². The van der Waals surface area contributed by atoms with Gasteiger partial charge in [-0.25, -0.2) is 0 Å². The Kier molecular flexibility index (Phi) is 20.6. The number of aliphatic hydroxyl groups excluding tert-OH is 17. The van der Waals surface area contributed by atoms with Crippen LogP contribution in [0.25, 0.3) is 0 Å². The highest BCUT2D eigenvalue weighted by Gasteiger charge is 2.56. The van der Waals surface area contributed by atoms with Crippen molar-refractivity contribution in [3.05, 3.63) is 0 Å². The van der Waals surface area contributed by atoms with E-state index in [4.69, 9.17) is 54.1 Å². The molecular formula is C33H62N2O26. The maximum absolute atomic E-state index is 11.1. The van der Waals surface area contributed by atoms with Crippen LogP contribution in [0.4, 0.5) is 0 Å². The fraction of sp³-hybridized carbons (Fsp3) is 1.00. The van der Waals surface area contributed by atoms with Crippen LogP contribution in [0.2, 0.25) is 0 Å². The van der Waals surface area contributed by atoms with Gasteiger partial charge >= 0.3 is 0 Å². The molecule has 0 radical (unpaired) electrons. The highest BCUT2D eigenvalue weighted by molar-refractivity contribution is 4.99. The summed E-state index contributed by atoms with van der Waals surface area (Å²) >= 11 is 0. The van der Waals surface area contributed by atoms with Crippen LogP contribution < -0.4 is 11.5 Å². The second kappa shape index (κ2) is 23.9. The van der Waals surface area contributed by atoms with E-state index in [9.17, 15) is 86.8 Å². The Morgan fingerprint density at radius 1 is 0.311 bits per heavy atom. The molecule has 0 aliphatic carbocycles. The third-order valence-corrected chi connectivity index (χ3v) is 10.7. The lowest BCUT2D eigenvalue weighted by atomic mass is 9.95. The second-order valence-corrected chi connectivity index (χ2v) is 14.9. The van der Waals surface area contributed by atoms with Gasteiger partial charge in [0, 0.05) is 0 Å². The zero-order chi connectivity index (χ0) is 45.5. The summed E-state index contributed by atoms with van der Waals surface area (Å²) in [5.74, 6) is 0. The van der Waals surface area contributed by atoms with Crippen LogP contribution in [0.5, 0.6) is 0 Å². The molecule has 28 heteroatoms. The summed E-state index contributed by atoms with van der Waals surface area (Å²) in [5, 5.41) is 176. The lowest BCUT2D eigenvalue weighted by Gasteiger charge is -2.49. The average Bonchev–Trinajstić information content (AvgIpc) is 3.25. The second-order valence-electron chi connectivity index (χ2n) is 14.9. The Bertz CT molecular complexity index is 1260. The van der Waals surface area contributed by atoms with Crippen LogP contribution in [-0.4, -0.2) is 286 Å². The smallest absolute Gasteiger partial charge is 0.187 e. The third-order valence-electron chi connectivity index (χ3n) is 10.7. The van der Waals surface area contributed by atoms with Gasteiger partial charge in [-0.3, -0.25) is 0 Å². The monoisotopic (exact) mass is 902 g/mol. The summed E-state index contributed by atoms with van der Waals surface area (Å²) in [6.07, 6.45) is -44.8. The molecular weight excluding hydrogens is 840 g/mol. The Hall–Kier alpha value is -1.12. The van der Waals surface area contributed by atoms with Crippen molar-refractivity contribution in [2.45, 2.75) is 160 Å². The third kappa shape index (κ3) is 11.8. The largest absolute Gasteiger partial charge is 0.394 e. The lowest BCUT2D eigenvalue weighted by Crippen LogP contribution is -2.68. The van der Waals surface area contributed by atoms with Crippen LogP contribution in [0, 0.1) is 0 Å². The first-order valence-electron chi connectivity index (χ1n) is 19.4. The quantitative estimate of drug-likeness (QED) is 0.0725. The fourth-order valence-electron chi connectivity index (χ4n) is 7.15. The molecule has 21 N–H and O–H groups in total. The number of nitrogens with two attached hydrogens (primary N) is 2. The van der Waals surface area contributed by atoms with Crippen molar-refractivity contribution in [3.8, 4) is 0 Å². The Labute approximate surface area is 347 Å². The molecule has 5 aliphatic rings. The van der Waals surface area contributed by atoms with Gasteiger partial charge in [-0.2, -0.15) is 0 Å². The van der Waals surface area contributed by atoms with Crippen molar-refractivity contribution >= 4 is 0 Å². The van der Waals surface area contributed by atoms with E-state index in [0.717, 1.165) is 19.5 Å². The molecule has 61 heavy (non-hydrogen) atoms. The summed E-state index contributed by atoms with van der Waals surface area (Å²) in [7, 11) is 0. The van der Waals surface area contributed by atoms with E-state index in [1.807, 2.05) is 0 Å². The van der Waals surface area contributed by atoms with Crippen LogP contribution in [0.3, 0.4) is 0 Å². The van der Waals surface area contributed by atoms with Crippen LogP contribution in [0.15, 0.2) is 0 Å². The summed E-state index contributed by atoms with van der Waals surface area (Å²) in [6.45, 7) is -3.07. The molecule has 0 unspecified atom stereocenters. The molecule has 25 atom stereocenters. The number of hydrogen-bond donors (Lipinski definition) is 19. The molecule has 0 amide bonds. The van der Waals surface area contributed by atoms with Gasteiger partial charge in [0.15, 0.2) is 31.5 Å². The molecule has 28 nitrogen and oxygen atoms in total. The number of ether oxygens (including phenoxy) is 9. The standard InChI is InChI=1S/C30H52O26.C3H10N2/c31-1-6-11(36)12(37)18(43)27(49-6)54-23-8(3-33)51-29(20(45)14(23)39)56-25-10(5-35)52-30(21(46)16(25)41)55-24-9(4-34)50-28(19(44)15(24)40)53-22-7(2-32)48-26(47)17(42)13(22)38;4-2-1-3-5/h6-47H,1-5H2;1-5H2/t6-,7-,8-,9-,10-,11-,12+,13-,14-,15-,16-,17-,18-,19-,20-,21-,22-,23-,24-,25-,26+,27-,28-,29-,30-;/m1./s1. The molecule has 5 rings (SSSR count). The summed E-state index contributed by atoms with van der Waals surface area (Å²) in [5.41, 5.74) is 10.1. The minimum absolute atomic E-state index is 0.719. The highest BCUT2D eigenvalue weighted by Crippen LogP contribution is 2.35. The van der Waals surface area contributed by atoms with Gasteiger partial charge in [0.05, 0.1) is 33.0 Å². The van der Waals surface area contributed by atoms with Gasteiger partial charge in [0.25, 0.3) is 0 Å². The summed E-state index contributed by atoms with van der Waals surface area (Å²) < 4.78 is 49.1. The molecule has 5 saturated heterocycles. The van der Waals surface area contributed by atoms with Gasteiger partial charge in [-0.15, -0.1) is 0 Å². The molecule has 0 aromatic heterocycles. The zero-order valence-corrected chi connectivity index (χ0v) is 32.5. The van der Waals surface area contributed by atoms with Crippen LogP contribution in [0.1, 0.15) is 6.42 Å². The van der Waals surface area contributed by atoms with E-state index in [2.05, 4.69) is 0 Å². The van der Waals surface area contributed by atoms with Crippen molar-refractivity contribution in [1.29, 1.82) is 0 Å². The van der Waals surface area contributed by atoms with Crippen LogP contribution >= 0.6 is 0 Å². The van der Waals surface area contributed by atoms with Gasteiger partial charge in [-0.1, -0.05) is 0 Å². The fourth-order valence-corrected chi connectivity index (χ4v) is 7.15. The predicted octanol–water partition coefficient (Wildman–Crippen LogP) is -12.6. The first-order chi connectivity index (χ1) is 28.9. The Morgan fingerprint density at radius 2 is 0.574 bits per heavy atom. The highest BCUT2D eigenvalue weighted by atomic mass is 16.8. The Morgan fingerprint density at radius 3 is 0.852 bits per heavy atom. The predicted molar refractivity (Wildman–Crippen MR) is 189 cm³/mol. The van der Waals surface area contributed by atoms with Gasteiger partial charge in [-0.05, 0) is 19.5 Å². The van der Waals surface area contributed by atoms with Crippen LogP contribution in [-0.2, 0) is 42.6 Å². The summed E-state index contributed by atoms with van der Waals surface area (Å²) in [4.78, 5) is 0. The molecule has 360 valence electrons. The SMILES string of the molecule is NCCCN.OC[C@H]1O[C@H](O[C@H]2[C@H](O)[C@@H](O)[C@@H](O[C@H]3[C@H](O)[C@@H](O)[C@@H](O[C@H]4[C@H](O)[C@@H](O)[C@@H](O[C@H]5[C@H](O)[C@@H](O)[C@@H](O)O[C@@H]5CO)O[C@@H]4CO)O[C@@H]3CO)O[C@@H]2CO)[C@H](O)[C@@H](O)[C@@H]1O. The van der Waals surface area contributed by atoms with Crippen molar-refractivity contribution in [3.63, 3.8) is 0 Å². The summed E-state index contributed by atoms with van der Waals surface area (Å²) in [6, 6.07) is 0. The first kappa shape index (κ1) is 52.5. The van der Waals surface area contributed by atoms with E-state index >= 15 is 0 Å². The number of aliphatic hydroxyl groups is 17. The molecule has 0 spiro atoms. The molecule has 0 bridgehead atoms. The molecule has 0 aromatic rings. The van der Waals surface area contributed by atoms with E-state index in [1.165, 1.54) is 0 Å². The molecule has 0 saturated carbocycles. The van der Waals surface area contributed by atoms with E-state index in [0.29, 0.717) is 0 Å². The maximum Gasteiger partial charge on any atom is 0.187 e. The number of hydrogen-bond acceptors (Lipinski definition) is 28. The van der Waals surface area contributed by atoms with E-state index in [-0.39, 0.29) is 0 Å². The Balaban J connectivity index is 0.00000155. The van der Waals surface area contributed by atoms with E-state index < -0.39 is 187 Å². The maximum atomic E-state index is 11.1. The molecule has 0 aromatic carbocycles. The molecule has 5 heterocycles. The van der Waals surface area contributed by atoms with Crippen molar-refractivity contribution in [2.24, 2.45) is 11.5 Å². The topological polar surface area (TPSA) is 479 Å². The minimum Gasteiger partial charge on any atom is -0.394 e. The van der Waals surface area contributed by atoms with Gasteiger partial charge in [0.1, 0.15) is 122 Å². The zero-order valence-electron chi connectivity index (χ0n) is 32.5. The first-order valence-corrected chi connectivity index (χ1v) is 19.4. The van der Waals surface area contributed by atoms with Crippen molar-refractivity contribution in [2.75, 3.05) is 46.1 Å². The molecule has 5 fully saturated rings. The van der Waals surface area contributed by atoms with Crippen molar-refractivity contribution in [1.82, 2.24) is 0 Å². The normalized spacial score (nSPS) is 49.5. The van der Waals surface area contributed by atoms with Gasteiger partial charge in [0.2, 0.25) is 0 Å². The molecule has 5 aliphatic heterocycles. The van der Waals surface area contributed by atoms with Gasteiger partial charge < -0.3 is 141 Å². The average molecular weight is 903 g/mol. The number of rotatable bonds is 15. The van der Waals surface area contributed by atoms with E-state index in [1.54, 1.807) is 0 Å². The minimum atomic E-state index is -2.12.